The Balaban J connectivity index is 1.77. The molecule has 108 valence electrons. The normalized spacial score (nSPS) is 14.9. The van der Waals surface area contributed by atoms with Crippen LogP contribution in [0.4, 0.5) is 11.4 Å². The number of hydrogen-bond acceptors (Lipinski definition) is 4. The van der Waals surface area contributed by atoms with Crippen molar-refractivity contribution in [3.8, 4) is 0 Å². The number of morpholine rings is 1. The third kappa shape index (κ3) is 3.96. The van der Waals surface area contributed by atoms with E-state index < -0.39 is 0 Å². The molecule has 0 aromatic heterocycles. The second kappa shape index (κ2) is 6.91. The van der Waals surface area contributed by atoms with E-state index in [4.69, 9.17) is 10.5 Å². The number of amides is 2. The lowest BCUT2D eigenvalue weighted by atomic mass is 10.2. The standard InChI is InChI=1S/C14H19N3O3/c15-11-3-1-2-4-12(11)16-13(18)5-6-14(19)17-7-9-20-10-8-17/h1-4H,5-10,15H2,(H,16,18). The van der Waals surface area contributed by atoms with E-state index in [0.29, 0.717) is 37.7 Å². The van der Waals surface area contributed by atoms with Crippen molar-refractivity contribution in [2.75, 3.05) is 37.4 Å². The molecule has 1 aromatic rings. The molecule has 6 nitrogen and oxygen atoms in total. The van der Waals surface area contributed by atoms with E-state index in [9.17, 15) is 9.59 Å². The van der Waals surface area contributed by atoms with Gasteiger partial charge in [-0.2, -0.15) is 0 Å². The molecule has 0 saturated carbocycles. The molecule has 20 heavy (non-hydrogen) atoms. The van der Waals surface area contributed by atoms with Crippen LogP contribution >= 0.6 is 0 Å². The van der Waals surface area contributed by atoms with Crippen molar-refractivity contribution < 1.29 is 14.3 Å². The Hall–Kier alpha value is -2.08. The fourth-order valence-corrected chi connectivity index (χ4v) is 2.01. The van der Waals surface area contributed by atoms with E-state index in [0.717, 1.165) is 0 Å². The average molecular weight is 277 g/mol. The van der Waals surface area contributed by atoms with E-state index in [1.807, 2.05) is 0 Å². The summed E-state index contributed by atoms with van der Waals surface area (Å²) >= 11 is 0. The highest BCUT2D eigenvalue weighted by Crippen LogP contribution is 2.17. The molecule has 0 spiro atoms. The summed E-state index contributed by atoms with van der Waals surface area (Å²) in [5.74, 6) is -0.214. The highest BCUT2D eigenvalue weighted by Gasteiger charge is 2.17. The van der Waals surface area contributed by atoms with Gasteiger partial charge in [-0.05, 0) is 12.1 Å². The molecule has 0 unspecified atom stereocenters. The summed E-state index contributed by atoms with van der Waals surface area (Å²) in [4.78, 5) is 25.4. The first-order chi connectivity index (χ1) is 9.66. The van der Waals surface area contributed by atoms with Gasteiger partial charge in [0.25, 0.3) is 0 Å². The minimum Gasteiger partial charge on any atom is -0.397 e. The van der Waals surface area contributed by atoms with Crippen LogP contribution in [0.25, 0.3) is 0 Å². The quantitative estimate of drug-likeness (QED) is 0.799. The van der Waals surface area contributed by atoms with Gasteiger partial charge in [0.05, 0.1) is 24.6 Å². The summed E-state index contributed by atoms with van der Waals surface area (Å²) in [5.41, 5.74) is 6.83. The van der Waals surface area contributed by atoms with Crippen molar-refractivity contribution in [2.24, 2.45) is 0 Å². The van der Waals surface area contributed by atoms with Crippen molar-refractivity contribution in [1.29, 1.82) is 0 Å². The van der Waals surface area contributed by atoms with Gasteiger partial charge < -0.3 is 20.7 Å². The molecule has 1 heterocycles. The summed E-state index contributed by atoms with van der Waals surface area (Å²) in [5, 5.41) is 2.71. The van der Waals surface area contributed by atoms with E-state index in [1.54, 1.807) is 29.2 Å². The minimum atomic E-state index is -0.204. The number of hydrogen-bond donors (Lipinski definition) is 2. The molecule has 1 aliphatic rings. The van der Waals surface area contributed by atoms with Crippen molar-refractivity contribution in [3.05, 3.63) is 24.3 Å². The number of nitrogens with one attached hydrogen (secondary N) is 1. The Morgan fingerprint density at radius 2 is 1.90 bits per heavy atom. The molecule has 0 radical (unpaired) electrons. The number of nitrogens with two attached hydrogens (primary N) is 1. The first kappa shape index (κ1) is 14.3. The largest absolute Gasteiger partial charge is 0.397 e. The molecule has 0 bridgehead atoms. The Morgan fingerprint density at radius 1 is 1.20 bits per heavy atom. The van der Waals surface area contributed by atoms with Gasteiger partial charge >= 0.3 is 0 Å². The fraction of sp³-hybridized carbons (Fsp3) is 0.429. The highest BCUT2D eigenvalue weighted by atomic mass is 16.5. The summed E-state index contributed by atoms with van der Waals surface area (Å²) < 4.78 is 5.18. The van der Waals surface area contributed by atoms with Crippen LogP contribution in [0.3, 0.4) is 0 Å². The molecule has 6 heteroatoms. The predicted octanol–water partition coefficient (Wildman–Crippen LogP) is 0.846. The lowest BCUT2D eigenvalue weighted by molar-refractivity contribution is -0.136. The van der Waals surface area contributed by atoms with Crippen LogP contribution in [-0.2, 0) is 14.3 Å². The van der Waals surface area contributed by atoms with Gasteiger partial charge in [0.1, 0.15) is 0 Å². The number of nitrogen functional groups attached to an aromatic ring is 1. The minimum absolute atomic E-state index is 0.00974. The van der Waals surface area contributed by atoms with Crippen LogP contribution in [0.15, 0.2) is 24.3 Å². The number of benzene rings is 1. The number of anilines is 2. The number of carbonyl (C=O) groups is 2. The maximum absolute atomic E-state index is 11.9. The summed E-state index contributed by atoms with van der Waals surface area (Å²) in [6.07, 6.45) is 0.364. The SMILES string of the molecule is Nc1ccccc1NC(=O)CCC(=O)N1CCOCC1. The molecular formula is C14H19N3O3. The molecule has 1 aliphatic heterocycles. The molecule has 1 saturated heterocycles. The van der Waals surface area contributed by atoms with Crippen LogP contribution in [0.5, 0.6) is 0 Å². The average Bonchev–Trinajstić information content (AvgIpc) is 2.48. The van der Waals surface area contributed by atoms with Gasteiger partial charge in [-0.15, -0.1) is 0 Å². The maximum atomic E-state index is 11.9. The van der Waals surface area contributed by atoms with Crippen LogP contribution < -0.4 is 11.1 Å². The van der Waals surface area contributed by atoms with E-state index in [2.05, 4.69) is 5.32 Å². The van der Waals surface area contributed by atoms with Crippen LogP contribution in [-0.4, -0.2) is 43.0 Å². The second-order valence-electron chi connectivity index (χ2n) is 4.63. The van der Waals surface area contributed by atoms with Crippen LogP contribution in [0.1, 0.15) is 12.8 Å². The molecule has 1 aromatic carbocycles. The monoisotopic (exact) mass is 277 g/mol. The lowest BCUT2D eigenvalue weighted by Crippen LogP contribution is -2.40. The molecule has 1 fully saturated rings. The Bertz CT molecular complexity index is 484. The van der Waals surface area contributed by atoms with E-state index in [1.165, 1.54) is 0 Å². The van der Waals surface area contributed by atoms with Crippen molar-refractivity contribution in [3.63, 3.8) is 0 Å². The molecule has 3 N–H and O–H groups in total. The van der Waals surface area contributed by atoms with Gasteiger partial charge in [-0.25, -0.2) is 0 Å². The van der Waals surface area contributed by atoms with Crippen molar-refractivity contribution in [2.45, 2.75) is 12.8 Å². The molecule has 0 atom stereocenters. The molecule has 0 aliphatic carbocycles. The maximum Gasteiger partial charge on any atom is 0.224 e. The number of nitrogens with zero attached hydrogens (tertiary/aromatic N) is 1. The third-order valence-electron chi connectivity index (χ3n) is 3.16. The number of rotatable bonds is 4. The smallest absolute Gasteiger partial charge is 0.224 e. The summed E-state index contributed by atoms with van der Waals surface area (Å²) in [6.45, 7) is 2.34. The number of para-hydroxylation sites is 2. The third-order valence-corrected chi connectivity index (χ3v) is 3.16. The predicted molar refractivity (Wildman–Crippen MR) is 76.1 cm³/mol. The highest BCUT2D eigenvalue weighted by molar-refractivity contribution is 5.95. The van der Waals surface area contributed by atoms with Crippen LogP contribution in [0, 0.1) is 0 Å². The Labute approximate surface area is 117 Å². The van der Waals surface area contributed by atoms with Crippen molar-refractivity contribution >= 4 is 23.2 Å². The Morgan fingerprint density at radius 3 is 2.60 bits per heavy atom. The van der Waals surface area contributed by atoms with Gasteiger partial charge in [0.15, 0.2) is 0 Å². The number of ether oxygens (including phenoxy) is 1. The second-order valence-corrected chi connectivity index (χ2v) is 4.63. The topological polar surface area (TPSA) is 84.7 Å². The van der Waals surface area contributed by atoms with Crippen LogP contribution in [0.2, 0.25) is 0 Å². The van der Waals surface area contributed by atoms with E-state index >= 15 is 0 Å². The van der Waals surface area contributed by atoms with E-state index in [-0.39, 0.29) is 24.7 Å². The Kier molecular flexibility index (Phi) is 4.95. The summed E-state index contributed by atoms with van der Waals surface area (Å²) in [6, 6.07) is 7.04. The van der Waals surface area contributed by atoms with Gasteiger partial charge in [-0.1, -0.05) is 12.1 Å². The fourth-order valence-electron chi connectivity index (χ4n) is 2.01. The molecule has 2 rings (SSSR count). The first-order valence-corrected chi connectivity index (χ1v) is 6.66. The van der Waals surface area contributed by atoms with Gasteiger partial charge in [0.2, 0.25) is 11.8 Å². The lowest BCUT2D eigenvalue weighted by Gasteiger charge is -2.26. The summed E-state index contributed by atoms with van der Waals surface area (Å²) in [7, 11) is 0. The van der Waals surface area contributed by atoms with Crippen molar-refractivity contribution in [1.82, 2.24) is 4.90 Å². The number of carbonyl (C=O) groups excluding carboxylic acids is 2. The molecule has 2 amide bonds. The zero-order chi connectivity index (χ0) is 14.4. The zero-order valence-electron chi connectivity index (χ0n) is 11.3. The first-order valence-electron chi connectivity index (χ1n) is 6.66. The van der Waals surface area contributed by atoms with Gasteiger partial charge in [-0.3, -0.25) is 9.59 Å². The van der Waals surface area contributed by atoms with Gasteiger partial charge in [0, 0.05) is 25.9 Å². The zero-order valence-corrected chi connectivity index (χ0v) is 11.3. The molecular weight excluding hydrogens is 258 g/mol.